The molecule has 3 aromatic rings. The van der Waals surface area contributed by atoms with Crippen molar-refractivity contribution in [1.82, 2.24) is 4.98 Å². The van der Waals surface area contributed by atoms with Crippen molar-refractivity contribution in [2.45, 2.75) is 20.3 Å². The zero-order valence-electron chi connectivity index (χ0n) is 14.4. The molecular formula is C20H18Cl2NO3+. The van der Waals surface area contributed by atoms with Gasteiger partial charge in [-0.1, -0.05) is 35.3 Å². The molecule has 6 heteroatoms. The first-order valence-corrected chi connectivity index (χ1v) is 8.82. The predicted octanol–water partition coefficient (Wildman–Crippen LogP) is 4.38. The molecule has 134 valence electrons. The number of hydrogen-bond acceptors (Lipinski definition) is 3. The van der Waals surface area contributed by atoms with Gasteiger partial charge in [0.25, 0.3) is 0 Å². The van der Waals surface area contributed by atoms with Crippen LogP contribution in [-0.2, 0) is 11.2 Å². The highest BCUT2D eigenvalue weighted by atomic mass is 35.5. The molecule has 0 saturated carbocycles. The number of hydrogen-bond donors (Lipinski definition) is 0. The Kier molecular flexibility index (Phi) is 5.35. The number of halogens is 2. The minimum atomic E-state index is -0.785. The Morgan fingerprint density at radius 1 is 1.12 bits per heavy atom. The fourth-order valence-corrected chi connectivity index (χ4v) is 3.33. The molecule has 26 heavy (non-hydrogen) atoms. The molecular weight excluding hydrogens is 373 g/mol. The summed E-state index contributed by atoms with van der Waals surface area (Å²) in [6.45, 7) is 3.64. The Hall–Kier alpha value is -2.30. The van der Waals surface area contributed by atoms with E-state index in [0.29, 0.717) is 27.7 Å². The molecule has 0 radical (unpaired) electrons. The topological polar surface area (TPSA) is 62.1 Å². The second-order valence-electron chi connectivity index (χ2n) is 6.08. The fourth-order valence-electron chi connectivity index (χ4n) is 3.01. The summed E-state index contributed by atoms with van der Waals surface area (Å²) in [7, 11) is 0. The van der Waals surface area contributed by atoms with Crippen molar-refractivity contribution in [2.24, 2.45) is 0 Å². The van der Waals surface area contributed by atoms with Crippen LogP contribution in [0.1, 0.15) is 22.4 Å². The molecule has 3 rings (SSSR count). The van der Waals surface area contributed by atoms with Crippen molar-refractivity contribution >= 4 is 40.1 Å². The van der Waals surface area contributed by atoms with E-state index in [4.69, 9.17) is 33.0 Å². The molecule has 0 fully saturated rings. The van der Waals surface area contributed by atoms with E-state index in [2.05, 4.69) is 4.98 Å². The zero-order valence-corrected chi connectivity index (χ0v) is 15.9. The number of ether oxygens (including phenoxy) is 1. The van der Waals surface area contributed by atoms with Crippen LogP contribution < -0.4 is 4.74 Å². The van der Waals surface area contributed by atoms with Crippen molar-refractivity contribution in [1.29, 1.82) is 0 Å². The number of benzene rings is 2. The summed E-state index contributed by atoms with van der Waals surface area (Å²) in [5.41, 5.74) is 4.71. The minimum absolute atomic E-state index is 0.309. The van der Waals surface area contributed by atoms with E-state index >= 15 is 0 Å². The second kappa shape index (κ2) is 7.52. The Labute approximate surface area is 161 Å². The molecule has 0 aliphatic heterocycles. The van der Waals surface area contributed by atoms with E-state index in [0.717, 1.165) is 27.8 Å². The SMILES string of the molecule is Cc1nc2c(Cl)ccc(OCC(=O)[OH2+])c2c(C)c1Cc1ccc(Cl)cc1. The van der Waals surface area contributed by atoms with Crippen LogP contribution in [0.5, 0.6) is 5.75 Å². The highest BCUT2D eigenvalue weighted by Crippen LogP contribution is 2.35. The first kappa shape index (κ1) is 18.5. The maximum atomic E-state index is 11.0. The van der Waals surface area contributed by atoms with Gasteiger partial charge in [-0.2, -0.15) is 0 Å². The molecule has 0 aliphatic rings. The fraction of sp³-hybridized carbons (Fsp3) is 0.200. The maximum absolute atomic E-state index is 11.0. The summed E-state index contributed by atoms with van der Waals surface area (Å²) in [5, 5.41) is 9.05. The minimum Gasteiger partial charge on any atom is -0.562 e. The lowest BCUT2D eigenvalue weighted by Crippen LogP contribution is -2.10. The van der Waals surface area contributed by atoms with Gasteiger partial charge in [-0.05, 0) is 61.2 Å². The molecule has 2 N–H and O–H groups in total. The average molecular weight is 391 g/mol. The second-order valence-corrected chi connectivity index (χ2v) is 6.93. The molecule has 0 spiro atoms. The van der Waals surface area contributed by atoms with Crippen LogP contribution in [0.15, 0.2) is 36.4 Å². The summed E-state index contributed by atoms with van der Waals surface area (Å²) in [5.74, 6) is -0.278. The van der Waals surface area contributed by atoms with Crippen LogP contribution in [-0.4, -0.2) is 22.7 Å². The van der Waals surface area contributed by atoms with Gasteiger partial charge in [0.1, 0.15) is 5.75 Å². The van der Waals surface area contributed by atoms with Crippen LogP contribution in [0.3, 0.4) is 0 Å². The molecule has 0 saturated heterocycles. The number of fused-ring (bicyclic) bond motifs is 1. The van der Waals surface area contributed by atoms with Crippen molar-refractivity contribution in [3.8, 4) is 5.75 Å². The lowest BCUT2D eigenvalue weighted by molar-refractivity contribution is -0.139. The molecule has 0 aliphatic carbocycles. The van der Waals surface area contributed by atoms with Crippen molar-refractivity contribution in [2.75, 3.05) is 6.61 Å². The molecule has 0 atom stereocenters. The molecule has 0 amide bonds. The molecule has 0 unspecified atom stereocenters. The molecule has 4 nitrogen and oxygen atoms in total. The van der Waals surface area contributed by atoms with E-state index < -0.39 is 5.97 Å². The van der Waals surface area contributed by atoms with Gasteiger partial charge in [0.15, 0.2) is 0 Å². The largest absolute Gasteiger partial charge is 0.562 e. The molecule has 1 aromatic heterocycles. The van der Waals surface area contributed by atoms with Crippen LogP contribution in [0, 0.1) is 13.8 Å². The van der Waals surface area contributed by atoms with Crippen molar-refractivity contribution in [3.63, 3.8) is 0 Å². The molecule has 1 heterocycles. The number of carbonyl (C=O) groups is 1. The monoisotopic (exact) mass is 390 g/mol. The number of nitrogens with zero attached hydrogens (tertiary/aromatic N) is 1. The number of aryl methyl sites for hydroxylation is 2. The number of aromatic nitrogens is 1. The van der Waals surface area contributed by atoms with Crippen molar-refractivity contribution < 1.29 is 14.6 Å². The lowest BCUT2D eigenvalue weighted by Gasteiger charge is -2.16. The third kappa shape index (κ3) is 3.76. The Morgan fingerprint density at radius 2 is 1.81 bits per heavy atom. The van der Waals surface area contributed by atoms with E-state index in [1.807, 2.05) is 38.1 Å². The quantitative estimate of drug-likeness (QED) is 0.607. The van der Waals surface area contributed by atoms with Gasteiger partial charge < -0.3 is 9.84 Å². The Balaban J connectivity index is 2.13. The van der Waals surface area contributed by atoms with E-state index in [9.17, 15) is 4.79 Å². The summed E-state index contributed by atoms with van der Waals surface area (Å²) >= 11 is 12.3. The standard InChI is InChI=1S/C20H17Cl2NO3/c1-11-15(9-13-3-5-14(21)6-4-13)12(2)23-20-16(22)7-8-17(19(11)20)26-10-18(24)25/h3-8H,9-10H2,1-2H3,(H,24,25)/p+1. The first-order valence-electron chi connectivity index (χ1n) is 8.06. The van der Waals surface area contributed by atoms with E-state index in [1.165, 1.54) is 0 Å². The summed E-state index contributed by atoms with van der Waals surface area (Å²) in [4.78, 5) is 15.7. The van der Waals surface area contributed by atoms with Gasteiger partial charge >= 0.3 is 5.97 Å². The smallest absolute Gasteiger partial charge is 0.553 e. The number of carbonyl (C=O) groups excluding carboxylic acids is 1. The van der Waals surface area contributed by atoms with Crippen LogP contribution in [0.4, 0.5) is 0 Å². The molecule has 0 bridgehead atoms. The van der Waals surface area contributed by atoms with Gasteiger partial charge in [0.05, 0.1) is 10.5 Å². The summed E-state index contributed by atoms with van der Waals surface area (Å²) in [6, 6.07) is 11.1. The van der Waals surface area contributed by atoms with Crippen LogP contribution >= 0.6 is 23.2 Å². The highest BCUT2D eigenvalue weighted by molar-refractivity contribution is 6.35. The van der Waals surface area contributed by atoms with Gasteiger partial charge in [-0.15, -0.1) is 0 Å². The van der Waals surface area contributed by atoms with Gasteiger partial charge in [0.2, 0.25) is 6.61 Å². The Bertz CT molecular complexity index is 985. The third-order valence-electron chi connectivity index (χ3n) is 4.29. The average Bonchev–Trinajstić information content (AvgIpc) is 2.60. The van der Waals surface area contributed by atoms with E-state index in [-0.39, 0.29) is 6.61 Å². The third-order valence-corrected chi connectivity index (χ3v) is 4.84. The number of rotatable bonds is 5. The van der Waals surface area contributed by atoms with Gasteiger partial charge in [-0.3, -0.25) is 4.98 Å². The zero-order chi connectivity index (χ0) is 18.8. The number of pyridine rings is 1. The van der Waals surface area contributed by atoms with Crippen LogP contribution in [0.25, 0.3) is 10.9 Å². The summed E-state index contributed by atoms with van der Waals surface area (Å²) in [6.07, 6.45) is 0.696. The van der Waals surface area contributed by atoms with Gasteiger partial charge in [-0.25, -0.2) is 0 Å². The first-order chi connectivity index (χ1) is 12.4. The predicted molar refractivity (Wildman–Crippen MR) is 105 cm³/mol. The lowest BCUT2D eigenvalue weighted by atomic mass is 9.96. The Morgan fingerprint density at radius 3 is 2.46 bits per heavy atom. The highest BCUT2D eigenvalue weighted by Gasteiger charge is 2.17. The van der Waals surface area contributed by atoms with Crippen LogP contribution in [0.2, 0.25) is 10.0 Å². The van der Waals surface area contributed by atoms with E-state index in [1.54, 1.807) is 12.1 Å². The van der Waals surface area contributed by atoms with Gasteiger partial charge in [0, 0.05) is 20.9 Å². The normalized spacial score (nSPS) is 10.9. The summed E-state index contributed by atoms with van der Waals surface area (Å²) < 4.78 is 5.52. The van der Waals surface area contributed by atoms with Crippen molar-refractivity contribution in [3.05, 3.63) is 68.8 Å². The molecule has 2 aromatic carbocycles. The maximum Gasteiger partial charge on any atom is 0.553 e.